The Balaban J connectivity index is 1.72. The van der Waals surface area contributed by atoms with Crippen molar-refractivity contribution in [2.24, 2.45) is 0 Å². The van der Waals surface area contributed by atoms with E-state index in [0.29, 0.717) is 6.10 Å². The first kappa shape index (κ1) is 12.4. The molecule has 0 aromatic carbocycles. The van der Waals surface area contributed by atoms with Gasteiger partial charge >= 0.3 is 0 Å². The Morgan fingerprint density at radius 2 is 2.29 bits per heavy atom. The molecule has 1 aliphatic carbocycles. The zero-order valence-corrected chi connectivity index (χ0v) is 10.7. The van der Waals surface area contributed by atoms with E-state index < -0.39 is 0 Å². The number of rotatable bonds is 7. The molecule has 0 spiro atoms. The van der Waals surface area contributed by atoms with Gasteiger partial charge in [0.1, 0.15) is 0 Å². The van der Waals surface area contributed by atoms with Gasteiger partial charge in [0.05, 0.1) is 12.7 Å². The quantitative estimate of drug-likeness (QED) is 0.792. The third-order valence-corrected chi connectivity index (χ3v) is 3.24. The smallest absolute Gasteiger partial charge is 0.202 e. The monoisotopic (exact) mass is 237 g/mol. The molecule has 0 saturated heterocycles. The van der Waals surface area contributed by atoms with E-state index in [1.807, 2.05) is 12.4 Å². The predicted octanol–water partition coefficient (Wildman–Crippen LogP) is 2.66. The molecule has 1 heterocycles. The highest BCUT2D eigenvalue weighted by Gasteiger charge is 2.14. The van der Waals surface area contributed by atoms with Crippen molar-refractivity contribution < 1.29 is 4.74 Å². The zero-order valence-electron chi connectivity index (χ0n) is 10.7. The second-order valence-corrected chi connectivity index (χ2v) is 4.65. The molecular formula is C13H23N3O. The second-order valence-electron chi connectivity index (χ2n) is 4.65. The number of hydrogen-bond acceptors (Lipinski definition) is 3. The number of hydrogen-bond donors (Lipinski definition) is 1. The Morgan fingerprint density at radius 3 is 3.06 bits per heavy atom. The van der Waals surface area contributed by atoms with Crippen molar-refractivity contribution in [2.75, 3.05) is 18.5 Å². The molecule has 0 bridgehead atoms. The van der Waals surface area contributed by atoms with Crippen LogP contribution in [0.25, 0.3) is 0 Å². The highest BCUT2D eigenvalue weighted by Crippen LogP contribution is 2.20. The largest absolute Gasteiger partial charge is 0.376 e. The van der Waals surface area contributed by atoms with Crippen molar-refractivity contribution in [3.05, 3.63) is 12.4 Å². The number of nitrogens with one attached hydrogen (secondary N) is 1. The lowest BCUT2D eigenvalue weighted by Crippen LogP contribution is -2.15. The summed E-state index contributed by atoms with van der Waals surface area (Å²) in [5.41, 5.74) is 0. The molecule has 1 N–H and O–H groups in total. The lowest BCUT2D eigenvalue weighted by atomic mass is 10.3. The summed E-state index contributed by atoms with van der Waals surface area (Å²) in [5.74, 6) is 0.960. The molecule has 1 aromatic heterocycles. The summed E-state index contributed by atoms with van der Waals surface area (Å²) in [6.45, 7) is 4.81. The van der Waals surface area contributed by atoms with Gasteiger partial charge in [0.15, 0.2) is 0 Å². The van der Waals surface area contributed by atoms with Gasteiger partial charge < -0.3 is 14.6 Å². The van der Waals surface area contributed by atoms with Crippen LogP contribution in [0.2, 0.25) is 0 Å². The van der Waals surface area contributed by atoms with Crippen molar-refractivity contribution >= 4 is 5.95 Å². The molecule has 0 unspecified atom stereocenters. The summed E-state index contributed by atoms with van der Waals surface area (Å²) in [4.78, 5) is 4.30. The van der Waals surface area contributed by atoms with E-state index in [0.717, 1.165) is 32.1 Å². The number of aromatic nitrogens is 2. The van der Waals surface area contributed by atoms with Gasteiger partial charge in [-0.2, -0.15) is 0 Å². The van der Waals surface area contributed by atoms with E-state index >= 15 is 0 Å². The summed E-state index contributed by atoms with van der Waals surface area (Å²) in [6, 6.07) is 0. The van der Waals surface area contributed by atoms with Crippen molar-refractivity contribution in [3.63, 3.8) is 0 Å². The van der Waals surface area contributed by atoms with Crippen LogP contribution in [0.5, 0.6) is 0 Å². The average molecular weight is 237 g/mol. The van der Waals surface area contributed by atoms with Crippen LogP contribution in [-0.2, 0) is 11.3 Å². The molecule has 2 rings (SSSR count). The van der Waals surface area contributed by atoms with Gasteiger partial charge in [0.2, 0.25) is 5.95 Å². The minimum absolute atomic E-state index is 0.505. The van der Waals surface area contributed by atoms with Crippen LogP contribution in [0.1, 0.15) is 39.0 Å². The fourth-order valence-corrected chi connectivity index (χ4v) is 2.27. The minimum atomic E-state index is 0.505. The molecule has 4 nitrogen and oxygen atoms in total. The van der Waals surface area contributed by atoms with Crippen LogP contribution in [0.4, 0.5) is 5.95 Å². The van der Waals surface area contributed by atoms with E-state index in [4.69, 9.17) is 4.74 Å². The van der Waals surface area contributed by atoms with Gasteiger partial charge in [0.25, 0.3) is 0 Å². The number of ether oxygens (including phenoxy) is 1. The number of imidazole rings is 1. The first-order chi connectivity index (χ1) is 8.40. The standard InChI is InChI=1S/C13H23N3O/c1-2-7-14-13-15-8-9-16(13)10-11-17-12-5-3-4-6-12/h8-9,12H,2-7,10-11H2,1H3,(H,14,15). The van der Waals surface area contributed by atoms with Gasteiger partial charge in [-0.3, -0.25) is 0 Å². The van der Waals surface area contributed by atoms with E-state index in [1.54, 1.807) is 0 Å². The maximum Gasteiger partial charge on any atom is 0.202 e. The molecule has 0 aliphatic heterocycles. The van der Waals surface area contributed by atoms with Gasteiger partial charge in [0, 0.05) is 25.5 Å². The first-order valence-corrected chi connectivity index (χ1v) is 6.76. The molecule has 1 fully saturated rings. The Hall–Kier alpha value is -1.03. The van der Waals surface area contributed by atoms with E-state index in [1.165, 1.54) is 25.7 Å². The van der Waals surface area contributed by atoms with Crippen molar-refractivity contribution in [1.29, 1.82) is 0 Å². The zero-order chi connectivity index (χ0) is 11.9. The van der Waals surface area contributed by atoms with Crippen molar-refractivity contribution in [3.8, 4) is 0 Å². The average Bonchev–Trinajstić information content (AvgIpc) is 2.98. The SMILES string of the molecule is CCCNc1nccn1CCOC1CCCC1. The topological polar surface area (TPSA) is 39.1 Å². The minimum Gasteiger partial charge on any atom is -0.376 e. The lowest BCUT2D eigenvalue weighted by molar-refractivity contribution is 0.0532. The molecule has 17 heavy (non-hydrogen) atoms. The van der Waals surface area contributed by atoms with E-state index in [-0.39, 0.29) is 0 Å². The number of anilines is 1. The molecule has 0 atom stereocenters. The van der Waals surface area contributed by atoms with Gasteiger partial charge in [-0.15, -0.1) is 0 Å². The normalized spacial score (nSPS) is 16.5. The molecule has 1 aromatic rings. The van der Waals surface area contributed by atoms with Crippen molar-refractivity contribution in [2.45, 2.75) is 51.7 Å². The highest BCUT2D eigenvalue weighted by molar-refractivity contribution is 5.25. The molecular weight excluding hydrogens is 214 g/mol. The first-order valence-electron chi connectivity index (χ1n) is 6.76. The third kappa shape index (κ3) is 3.73. The number of nitrogens with zero attached hydrogens (tertiary/aromatic N) is 2. The Morgan fingerprint density at radius 1 is 1.47 bits per heavy atom. The maximum atomic E-state index is 5.86. The van der Waals surface area contributed by atoms with Gasteiger partial charge in [-0.1, -0.05) is 19.8 Å². The Labute approximate surface area is 103 Å². The molecule has 0 radical (unpaired) electrons. The highest BCUT2D eigenvalue weighted by atomic mass is 16.5. The second kappa shape index (κ2) is 6.64. The molecule has 96 valence electrons. The van der Waals surface area contributed by atoms with Crippen molar-refractivity contribution in [1.82, 2.24) is 9.55 Å². The molecule has 0 amide bonds. The summed E-state index contributed by atoms with van der Waals surface area (Å²) in [7, 11) is 0. The summed E-state index contributed by atoms with van der Waals surface area (Å²) in [5, 5.41) is 3.32. The molecule has 4 heteroatoms. The van der Waals surface area contributed by atoms with Gasteiger partial charge in [-0.05, 0) is 19.3 Å². The van der Waals surface area contributed by atoms with Crippen LogP contribution in [0.3, 0.4) is 0 Å². The Bertz CT molecular complexity index is 318. The van der Waals surface area contributed by atoms with Crippen LogP contribution < -0.4 is 5.32 Å². The molecule has 1 aliphatic rings. The van der Waals surface area contributed by atoms with Crippen LogP contribution in [-0.4, -0.2) is 28.8 Å². The summed E-state index contributed by atoms with van der Waals surface area (Å²) >= 11 is 0. The molecule has 1 saturated carbocycles. The van der Waals surface area contributed by atoms with Crippen LogP contribution >= 0.6 is 0 Å². The fourth-order valence-electron chi connectivity index (χ4n) is 2.27. The predicted molar refractivity (Wildman–Crippen MR) is 69.2 cm³/mol. The van der Waals surface area contributed by atoms with Gasteiger partial charge in [-0.25, -0.2) is 4.98 Å². The Kier molecular flexibility index (Phi) is 4.86. The lowest BCUT2D eigenvalue weighted by Gasteiger charge is -2.13. The summed E-state index contributed by atoms with van der Waals surface area (Å²) < 4.78 is 7.99. The van der Waals surface area contributed by atoms with Crippen LogP contribution in [0, 0.1) is 0 Å². The summed E-state index contributed by atoms with van der Waals surface area (Å²) in [6.07, 6.45) is 10.6. The van der Waals surface area contributed by atoms with E-state index in [2.05, 4.69) is 21.8 Å². The third-order valence-electron chi connectivity index (χ3n) is 3.24. The van der Waals surface area contributed by atoms with Crippen LogP contribution in [0.15, 0.2) is 12.4 Å². The van der Waals surface area contributed by atoms with E-state index in [9.17, 15) is 0 Å². The maximum absolute atomic E-state index is 5.86. The fraction of sp³-hybridized carbons (Fsp3) is 0.769.